The van der Waals surface area contributed by atoms with Gasteiger partial charge < -0.3 is 4.74 Å². The molecule has 142 valence electrons. The highest BCUT2D eigenvalue weighted by atomic mass is 32.2. The highest BCUT2D eigenvalue weighted by Crippen LogP contribution is 2.25. The largest absolute Gasteiger partial charge is 0.492 e. The van der Waals surface area contributed by atoms with Crippen LogP contribution in [-0.4, -0.2) is 27.3 Å². The van der Waals surface area contributed by atoms with Crippen LogP contribution in [0.1, 0.15) is 38.3 Å². The molecule has 0 atom stereocenters. The molecular weight excluding hydrogens is 346 g/mol. The molecule has 0 bridgehead atoms. The van der Waals surface area contributed by atoms with Gasteiger partial charge in [0, 0.05) is 6.54 Å². The summed E-state index contributed by atoms with van der Waals surface area (Å²) in [5.74, 6) is 0.891. The van der Waals surface area contributed by atoms with Gasteiger partial charge in [0.05, 0.1) is 5.75 Å². The maximum atomic E-state index is 12.1. The first-order valence-electron chi connectivity index (χ1n) is 9.01. The Labute approximate surface area is 157 Å². The van der Waals surface area contributed by atoms with Crippen LogP contribution in [0.3, 0.4) is 0 Å². The molecule has 1 N–H and O–H groups in total. The molecule has 0 heterocycles. The molecule has 0 saturated heterocycles. The van der Waals surface area contributed by atoms with E-state index >= 15 is 0 Å². The standard InChI is InChI=1S/C21H29NO3S/c1-21(2,3)19-12-7-13-20(17-19)25-15-14-22-26(23,24)16-8-11-18-9-5-4-6-10-18/h4-7,9-10,12-13,17,22H,8,11,14-16H2,1-3H3. The first-order chi connectivity index (χ1) is 12.3. The number of sulfonamides is 1. The highest BCUT2D eigenvalue weighted by molar-refractivity contribution is 7.89. The summed E-state index contributed by atoms with van der Waals surface area (Å²) in [6, 6.07) is 17.9. The van der Waals surface area contributed by atoms with Gasteiger partial charge in [0.15, 0.2) is 0 Å². The first-order valence-corrected chi connectivity index (χ1v) is 10.7. The van der Waals surface area contributed by atoms with Crippen LogP contribution in [0.25, 0.3) is 0 Å². The molecule has 5 heteroatoms. The first kappa shape index (κ1) is 20.5. The van der Waals surface area contributed by atoms with E-state index < -0.39 is 10.0 Å². The molecule has 0 fully saturated rings. The highest BCUT2D eigenvalue weighted by Gasteiger charge is 2.14. The van der Waals surface area contributed by atoms with Gasteiger partial charge in [0.2, 0.25) is 10.0 Å². The predicted molar refractivity (Wildman–Crippen MR) is 107 cm³/mol. The van der Waals surface area contributed by atoms with E-state index in [1.54, 1.807) is 0 Å². The molecule has 4 nitrogen and oxygen atoms in total. The third-order valence-electron chi connectivity index (χ3n) is 4.11. The third-order valence-corrected chi connectivity index (χ3v) is 5.58. The number of nitrogens with one attached hydrogen (secondary N) is 1. The van der Waals surface area contributed by atoms with Gasteiger partial charge in [-0.15, -0.1) is 0 Å². The summed E-state index contributed by atoms with van der Waals surface area (Å²) in [5.41, 5.74) is 2.40. The van der Waals surface area contributed by atoms with E-state index in [-0.39, 0.29) is 17.7 Å². The van der Waals surface area contributed by atoms with E-state index in [4.69, 9.17) is 4.74 Å². The second-order valence-electron chi connectivity index (χ2n) is 7.43. The fourth-order valence-corrected chi connectivity index (χ4v) is 3.66. The molecule has 0 aliphatic carbocycles. The summed E-state index contributed by atoms with van der Waals surface area (Å²) >= 11 is 0. The van der Waals surface area contributed by atoms with Crippen LogP contribution < -0.4 is 9.46 Å². The van der Waals surface area contributed by atoms with Gasteiger partial charge in [-0.2, -0.15) is 0 Å². The van der Waals surface area contributed by atoms with Crippen molar-refractivity contribution in [1.82, 2.24) is 4.72 Å². The number of rotatable bonds is 9. The van der Waals surface area contributed by atoms with Crippen molar-refractivity contribution in [2.75, 3.05) is 18.9 Å². The molecule has 0 aliphatic rings. The zero-order chi connectivity index (χ0) is 19.0. The Morgan fingerprint density at radius 2 is 1.73 bits per heavy atom. The number of hydrogen-bond acceptors (Lipinski definition) is 3. The van der Waals surface area contributed by atoms with Crippen LogP contribution >= 0.6 is 0 Å². The molecule has 0 spiro atoms. The molecule has 2 aromatic carbocycles. The molecule has 2 rings (SSSR count). The quantitative estimate of drug-likeness (QED) is 0.676. The Morgan fingerprint density at radius 1 is 1.00 bits per heavy atom. The van der Waals surface area contributed by atoms with E-state index in [1.807, 2.05) is 48.5 Å². The predicted octanol–water partition coefficient (Wildman–Crippen LogP) is 3.92. The summed E-state index contributed by atoms with van der Waals surface area (Å²) in [6.07, 6.45) is 1.37. The normalized spacial score (nSPS) is 12.1. The average molecular weight is 376 g/mol. The Balaban J connectivity index is 1.71. The minimum Gasteiger partial charge on any atom is -0.492 e. The third kappa shape index (κ3) is 7.18. The Kier molecular flexibility index (Phi) is 7.23. The monoisotopic (exact) mass is 375 g/mol. The lowest BCUT2D eigenvalue weighted by molar-refractivity contribution is 0.322. The molecule has 0 unspecified atom stereocenters. The van der Waals surface area contributed by atoms with Gasteiger partial charge >= 0.3 is 0 Å². The molecule has 0 amide bonds. The second-order valence-corrected chi connectivity index (χ2v) is 9.36. The van der Waals surface area contributed by atoms with Crippen molar-refractivity contribution in [1.29, 1.82) is 0 Å². The van der Waals surface area contributed by atoms with Crippen molar-refractivity contribution >= 4 is 10.0 Å². The van der Waals surface area contributed by atoms with E-state index in [0.29, 0.717) is 13.0 Å². The zero-order valence-electron chi connectivity index (χ0n) is 15.9. The minimum absolute atomic E-state index is 0.0553. The van der Waals surface area contributed by atoms with Crippen LogP contribution in [0.15, 0.2) is 54.6 Å². The summed E-state index contributed by atoms with van der Waals surface area (Å²) in [5, 5.41) is 0. The Morgan fingerprint density at radius 3 is 2.42 bits per heavy atom. The minimum atomic E-state index is -3.27. The summed E-state index contributed by atoms with van der Waals surface area (Å²) in [4.78, 5) is 0. The number of aryl methyl sites for hydroxylation is 1. The smallest absolute Gasteiger partial charge is 0.211 e. The Hall–Kier alpha value is -1.85. The molecule has 0 saturated carbocycles. The van der Waals surface area contributed by atoms with Crippen molar-refractivity contribution < 1.29 is 13.2 Å². The van der Waals surface area contributed by atoms with Crippen LogP contribution in [0, 0.1) is 0 Å². The van der Waals surface area contributed by atoms with Crippen molar-refractivity contribution in [3.63, 3.8) is 0 Å². The number of hydrogen-bond donors (Lipinski definition) is 1. The van der Waals surface area contributed by atoms with Crippen LogP contribution in [0.4, 0.5) is 0 Å². The Bertz CT molecular complexity index is 780. The maximum absolute atomic E-state index is 12.1. The van der Waals surface area contributed by atoms with Gasteiger partial charge in [-0.25, -0.2) is 13.1 Å². The topological polar surface area (TPSA) is 55.4 Å². The molecule has 0 aromatic heterocycles. The van der Waals surface area contributed by atoms with Gasteiger partial charge in [-0.3, -0.25) is 0 Å². The van der Waals surface area contributed by atoms with Crippen LogP contribution in [0.5, 0.6) is 5.75 Å². The van der Waals surface area contributed by atoms with E-state index in [0.717, 1.165) is 17.7 Å². The molecule has 2 aromatic rings. The number of ether oxygens (including phenoxy) is 1. The summed E-state index contributed by atoms with van der Waals surface area (Å²) in [6.45, 7) is 7.03. The van der Waals surface area contributed by atoms with Crippen LogP contribution in [-0.2, 0) is 21.9 Å². The van der Waals surface area contributed by atoms with Crippen molar-refractivity contribution in [2.45, 2.75) is 39.0 Å². The lowest BCUT2D eigenvalue weighted by atomic mass is 9.87. The summed E-state index contributed by atoms with van der Waals surface area (Å²) < 4.78 is 32.4. The van der Waals surface area contributed by atoms with Gasteiger partial charge in [-0.05, 0) is 41.5 Å². The van der Waals surface area contributed by atoms with Crippen molar-refractivity contribution in [2.24, 2.45) is 0 Å². The van der Waals surface area contributed by atoms with Gasteiger partial charge in [0.25, 0.3) is 0 Å². The maximum Gasteiger partial charge on any atom is 0.211 e. The van der Waals surface area contributed by atoms with Gasteiger partial charge in [0.1, 0.15) is 12.4 Å². The zero-order valence-corrected chi connectivity index (χ0v) is 16.7. The van der Waals surface area contributed by atoms with Crippen molar-refractivity contribution in [3.8, 4) is 5.75 Å². The van der Waals surface area contributed by atoms with Crippen LogP contribution in [0.2, 0.25) is 0 Å². The second kappa shape index (κ2) is 9.19. The lowest BCUT2D eigenvalue weighted by Crippen LogP contribution is -2.30. The van der Waals surface area contributed by atoms with Crippen molar-refractivity contribution in [3.05, 3.63) is 65.7 Å². The molecular formula is C21H29NO3S. The van der Waals surface area contributed by atoms with E-state index in [2.05, 4.69) is 31.6 Å². The van der Waals surface area contributed by atoms with Gasteiger partial charge in [-0.1, -0.05) is 63.2 Å². The number of benzene rings is 2. The molecule has 0 aliphatic heterocycles. The fourth-order valence-electron chi connectivity index (χ4n) is 2.60. The van der Waals surface area contributed by atoms with E-state index in [1.165, 1.54) is 5.56 Å². The lowest BCUT2D eigenvalue weighted by Gasteiger charge is -2.19. The average Bonchev–Trinajstić information content (AvgIpc) is 2.59. The summed E-state index contributed by atoms with van der Waals surface area (Å²) in [7, 11) is -3.27. The molecule has 0 radical (unpaired) electrons. The van der Waals surface area contributed by atoms with E-state index in [9.17, 15) is 8.42 Å². The SMILES string of the molecule is CC(C)(C)c1cccc(OCCNS(=O)(=O)CCCc2ccccc2)c1. The fraction of sp³-hybridized carbons (Fsp3) is 0.429. The molecule has 26 heavy (non-hydrogen) atoms.